The molecule has 0 aromatic heterocycles. The molecule has 0 saturated carbocycles. The molecular formula is C14H23O5P. The van der Waals surface area contributed by atoms with Gasteiger partial charge in [-0.2, -0.15) is 0 Å². The first-order valence-corrected chi connectivity index (χ1v) is 8.45. The van der Waals surface area contributed by atoms with E-state index in [0.717, 1.165) is 11.3 Å². The van der Waals surface area contributed by atoms with Gasteiger partial charge in [0.15, 0.2) is 0 Å². The van der Waals surface area contributed by atoms with E-state index in [1.807, 2.05) is 24.3 Å². The van der Waals surface area contributed by atoms with E-state index < -0.39 is 7.60 Å². The summed E-state index contributed by atoms with van der Waals surface area (Å²) < 4.78 is 33.5. The van der Waals surface area contributed by atoms with E-state index in [0.29, 0.717) is 26.4 Å². The summed E-state index contributed by atoms with van der Waals surface area (Å²) in [6, 6.07) is 7.44. The lowest BCUT2D eigenvalue weighted by Crippen LogP contribution is -2.04. The van der Waals surface area contributed by atoms with Gasteiger partial charge in [0.1, 0.15) is 12.4 Å². The van der Waals surface area contributed by atoms with Crippen LogP contribution in [-0.2, 0) is 24.5 Å². The molecule has 0 aliphatic heterocycles. The molecule has 0 spiro atoms. The molecule has 0 atom stereocenters. The van der Waals surface area contributed by atoms with Crippen molar-refractivity contribution in [3.8, 4) is 5.75 Å². The maximum absolute atomic E-state index is 12.4. The summed E-state index contributed by atoms with van der Waals surface area (Å²) in [5.41, 5.74) is 0.866. The van der Waals surface area contributed by atoms with E-state index in [-0.39, 0.29) is 6.16 Å². The number of hydrogen-bond acceptors (Lipinski definition) is 5. The highest BCUT2D eigenvalue weighted by Gasteiger charge is 2.24. The van der Waals surface area contributed by atoms with Gasteiger partial charge >= 0.3 is 7.60 Å². The molecule has 0 saturated heterocycles. The van der Waals surface area contributed by atoms with Crippen LogP contribution in [0.3, 0.4) is 0 Å². The summed E-state index contributed by atoms with van der Waals surface area (Å²) >= 11 is 0. The molecule has 114 valence electrons. The van der Waals surface area contributed by atoms with Gasteiger partial charge in [-0.3, -0.25) is 4.57 Å². The van der Waals surface area contributed by atoms with Crippen LogP contribution in [0.25, 0.3) is 0 Å². The minimum absolute atomic E-state index is 0.246. The van der Waals surface area contributed by atoms with Gasteiger partial charge in [-0.25, -0.2) is 0 Å². The number of hydrogen-bond donors (Lipinski definition) is 0. The third-order valence-corrected chi connectivity index (χ3v) is 4.54. The summed E-state index contributed by atoms with van der Waals surface area (Å²) in [5.74, 6) is 0.721. The van der Waals surface area contributed by atoms with Crippen molar-refractivity contribution in [3.05, 3.63) is 29.8 Å². The van der Waals surface area contributed by atoms with Crippen LogP contribution in [0.2, 0.25) is 0 Å². The Labute approximate surface area is 120 Å². The molecule has 0 amide bonds. The van der Waals surface area contributed by atoms with Crippen LogP contribution in [-0.4, -0.2) is 33.5 Å². The highest BCUT2D eigenvalue weighted by molar-refractivity contribution is 7.53. The Morgan fingerprint density at radius 3 is 2.40 bits per heavy atom. The van der Waals surface area contributed by atoms with Gasteiger partial charge in [0, 0.05) is 7.11 Å². The molecule has 5 nitrogen and oxygen atoms in total. The van der Waals surface area contributed by atoms with Crippen molar-refractivity contribution in [2.45, 2.75) is 20.0 Å². The van der Waals surface area contributed by atoms with Crippen molar-refractivity contribution in [2.75, 3.05) is 33.5 Å². The van der Waals surface area contributed by atoms with Crippen LogP contribution in [0.5, 0.6) is 5.75 Å². The second-order valence-corrected chi connectivity index (χ2v) is 6.15. The van der Waals surface area contributed by atoms with Crippen LogP contribution >= 0.6 is 7.60 Å². The molecule has 0 aliphatic carbocycles. The normalized spacial score (nSPS) is 11.6. The van der Waals surface area contributed by atoms with Gasteiger partial charge in [0.25, 0.3) is 0 Å². The Kier molecular flexibility index (Phi) is 7.85. The number of methoxy groups -OCH3 is 1. The average Bonchev–Trinajstić information content (AvgIpc) is 2.39. The molecule has 20 heavy (non-hydrogen) atoms. The second kappa shape index (κ2) is 9.14. The summed E-state index contributed by atoms with van der Waals surface area (Å²) in [4.78, 5) is 0. The van der Waals surface area contributed by atoms with Gasteiger partial charge in [-0.15, -0.1) is 0 Å². The largest absolute Gasteiger partial charge is 0.491 e. The van der Waals surface area contributed by atoms with Gasteiger partial charge in [-0.1, -0.05) is 12.1 Å². The van der Waals surface area contributed by atoms with Crippen LogP contribution in [0.4, 0.5) is 0 Å². The Morgan fingerprint density at radius 2 is 1.80 bits per heavy atom. The third-order valence-electron chi connectivity index (χ3n) is 2.48. The van der Waals surface area contributed by atoms with E-state index in [9.17, 15) is 4.57 Å². The molecule has 0 aliphatic rings. The predicted molar refractivity (Wildman–Crippen MR) is 78.4 cm³/mol. The Bertz CT molecular complexity index is 425. The highest BCUT2D eigenvalue weighted by atomic mass is 31.2. The number of rotatable bonds is 10. The zero-order valence-electron chi connectivity index (χ0n) is 12.3. The fourth-order valence-corrected chi connectivity index (χ4v) is 3.41. The molecular weight excluding hydrogens is 279 g/mol. The van der Waals surface area contributed by atoms with E-state index >= 15 is 0 Å². The summed E-state index contributed by atoms with van der Waals surface area (Å²) in [6.45, 7) is 5.34. The quantitative estimate of drug-likeness (QED) is 0.489. The Balaban J connectivity index is 2.70. The zero-order chi connectivity index (χ0) is 14.8. The molecule has 1 rings (SSSR count). The number of benzene rings is 1. The molecule has 0 heterocycles. The summed E-state index contributed by atoms with van der Waals surface area (Å²) in [5, 5.41) is 0. The van der Waals surface area contributed by atoms with Crippen molar-refractivity contribution in [2.24, 2.45) is 0 Å². The van der Waals surface area contributed by atoms with E-state index in [1.165, 1.54) is 0 Å². The van der Waals surface area contributed by atoms with E-state index in [2.05, 4.69) is 0 Å². The fraction of sp³-hybridized carbons (Fsp3) is 0.571. The fourth-order valence-electron chi connectivity index (χ4n) is 1.72. The monoisotopic (exact) mass is 302 g/mol. The van der Waals surface area contributed by atoms with Gasteiger partial charge in [-0.05, 0) is 31.5 Å². The van der Waals surface area contributed by atoms with Crippen LogP contribution < -0.4 is 4.74 Å². The first-order chi connectivity index (χ1) is 9.63. The van der Waals surface area contributed by atoms with Crippen molar-refractivity contribution < 1.29 is 23.1 Å². The molecule has 0 unspecified atom stereocenters. The molecule has 1 aromatic carbocycles. The molecule has 0 N–H and O–H groups in total. The second-order valence-electron chi connectivity index (χ2n) is 4.09. The van der Waals surface area contributed by atoms with Gasteiger partial charge in [0.2, 0.25) is 0 Å². The van der Waals surface area contributed by atoms with Gasteiger partial charge in [0.05, 0.1) is 26.0 Å². The highest BCUT2D eigenvalue weighted by Crippen LogP contribution is 2.51. The molecule has 0 radical (unpaired) electrons. The van der Waals surface area contributed by atoms with Crippen molar-refractivity contribution in [1.82, 2.24) is 0 Å². The average molecular weight is 302 g/mol. The van der Waals surface area contributed by atoms with Gasteiger partial charge < -0.3 is 18.5 Å². The lowest BCUT2D eigenvalue weighted by molar-refractivity contribution is 0.146. The lowest BCUT2D eigenvalue weighted by atomic mass is 10.2. The minimum atomic E-state index is -3.07. The van der Waals surface area contributed by atoms with Crippen LogP contribution in [0.15, 0.2) is 24.3 Å². The minimum Gasteiger partial charge on any atom is -0.491 e. The first-order valence-electron chi connectivity index (χ1n) is 6.72. The maximum Gasteiger partial charge on any atom is 0.335 e. The van der Waals surface area contributed by atoms with Crippen molar-refractivity contribution in [3.63, 3.8) is 0 Å². The van der Waals surface area contributed by atoms with E-state index in [1.54, 1.807) is 21.0 Å². The van der Waals surface area contributed by atoms with E-state index in [4.69, 9.17) is 18.5 Å². The molecule has 6 heteroatoms. The molecule has 0 bridgehead atoms. The number of ether oxygens (including phenoxy) is 2. The maximum atomic E-state index is 12.4. The van der Waals surface area contributed by atoms with Crippen molar-refractivity contribution >= 4 is 7.60 Å². The van der Waals surface area contributed by atoms with Crippen LogP contribution in [0.1, 0.15) is 19.4 Å². The smallest absolute Gasteiger partial charge is 0.335 e. The Morgan fingerprint density at radius 1 is 1.10 bits per heavy atom. The zero-order valence-corrected chi connectivity index (χ0v) is 13.2. The summed E-state index contributed by atoms with van der Waals surface area (Å²) in [7, 11) is -1.45. The predicted octanol–water partition coefficient (Wildman–Crippen LogP) is 3.48. The molecule has 0 fully saturated rings. The molecule has 1 aromatic rings. The Hall–Kier alpha value is -0.870. The first kappa shape index (κ1) is 17.2. The van der Waals surface area contributed by atoms with Crippen molar-refractivity contribution in [1.29, 1.82) is 0 Å². The third kappa shape index (κ3) is 6.06. The standard InChI is InChI=1S/C14H23O5P/c1-4-18-20(15,19-5-2)12-13-7-6-8-14(11-13)17-10-9-16-3/h6-8,11H,4-5,9-10,12H2,1-3H3. The lowest BCUT2D eigenvalue weighted by Gasteiger charge is -2.17. The van der Waals surface area contributed by atoms with Crippen LogP contribution in [0, 0.1) is 0 Å². The SMILES string of the molecule is CCOP(=O)(Cc1cccc(OCCOC)c1)OCC. The summed E-state index contributed by atoms with van der Waals surface area (Å²) in [6.07, 6.45) is 0.246. The topological polar surface area (TPSA) is 54.0 Å².